The predicted molar refractivity (Wildman–Crippen MR) is 86.7 cm³/mol. The van der Waals surface area contributed by atoms with Crippen LogP contribution in [-0.2, 0) is 6.18 Å². The second-order valence-electron chi connectivity index (χ2n) is 5.73. The van der Waals surface area contributed by atoms with E-state index in [-0.39, 0.29) is 35.7 Å². The lowest BCUT2D eigenvalue weighted by atomic mass is 10.1. The Morgan fingerprint density at radius 2 is 1.92 bits per heavy atom. The number of piperidine rings is 1. The van der Waals surface area contributed by atoms with E-state index < -0.39 is 11.7 Å². The molecule has 0 saturated carbocycles. The molecule has 0 unspecified atom stereocenters. The van der Waals surface area contributed by atoms with E-state index in [0.29, 0.717) is 25.9 Å². The largest absolute Gasteiger partial charge is 0.416 e. The molecule has 2 aromatic rings. The van der Waals surface area contributed by atoms with Gasteiger partial charge in [0.15, 0.2) is 5.69 Å². The second kappa shape index (κ2) is 7.40. The van der Waals surface area contributed by atoms with Crippen LogP contribution < -0.4 is 5.73 Å². The summed E-state index contributed by atoms with van der Waals surface area (Å²) in [4.78, 5) is 14.0. The summed E-state index contributed by atoms with van der Waals surface area (Å²) < 4.78 is 39.5. The minimum atomic E-state index is -4.44. The number of nitrogens with zero attached hydrogens (tertiary/aromatic N) is 4. The van der Waals surface area contributed by atoms with Gasteiger partial charge in [-0.25, -0.2) is 4.68 Å². The third kappa shape index (κ3) is 4.29. The molecule has 1 aromatic heterocycles. The molecule has 0 aliphatic carbocycles. The summed E-state index contributed by atoms with van der Waals surface area (Å²) in [5.74, 6) is -0.292. The van der Waals surface area contributed by atoms with Crippen LogP contribution in [0.15, 0.2) is 30.5 Å². The van der Waals surface area contributed by atoms with Crippen molar-refractivity contribution in [2.45, 2.75) is 25.1 Å². The fourth-order valence-electron chi connectivity index (χ4n) is 2.58. The highest BCUT2D eigenvalue weighted by molar-refractivity contribution is 5.92. The highest BCUT2D eigenvalue weighted by Crippen LogP contribution is 2.30. The van der Waals surface area contributed by atoms with Gasteiger partial charge in [0.1, 0.15) is 0 Å². The minimum Gasteiger partial charge on any atom is -0.337 e. The molecule has 2 heterocycles. The molecule has 0 spiro atoms. The lowest BCUT2D eigenvalue weighted by molar-refractivity contribution is -0.137. The van der Waals surface area contributed by atoms with Crippen LogP contribution >= 0.6 is 12.4 Å². The minimum absolute atomic E-state index is 0. The zero-order valence-corrected chi connectivity index (χ0v) is 13.9. The predicted octanol–water partition coefficient (Wildman–Crippen LogP) is 2.27. The van der Waals surface area contributed by atoms with Gasteiger partial charge in [-0.1, -0.05) is 11.3 Å². The highest BCUT2D eigenvalue weighted by Gasteiger charge is 2.30. The van der Waals surface area contributed by atoms with Crippen molar-refractivity contribution in [1.82, 2.24) is 19.9 Å². The number of carbonyl (C=O) groups is 1. The quantitative estimate of drug-likeness (QED) is 0.873. The van der Waals surface area contributed by atoms with Crippen LogP contribution in [0, 0.1) is 0 Å². The van der Waals surface area contributed by atoms with Gasteiger partial charge in [0, 0.05) is 19.1 Å². The van der Waals surface area contributed by atoms with Crippen LogP contribution in [0.2, 0.25) is 0 Å². The number of aromatic nitrogens is 3. The average molecular weight is 376 g/mol. The van der Waals surface area contributed by atoms with Crippen molar-refractivity contribution in [3.05, 3.63) is 41.7 Å². The van der Waals surface area contributed by atoms with Crippen molar-refractivity contribution in [1.29, 1.82) is 0 Å². The average Bonchev–Trinajstić information content (AvgIpc) is 3.04. The molecule has 25 heavy (non-hydrogen) atoms. The Morgan fingerprint density at radius 3 is 2.56 bits per heavy atom. The van der Waals surface area contributed by atoms with Crippen molar-refractivity contribution in [3.8, 4) is 5.69 Å². The van der Waals surface area contributed by atoms with Crippen LogP contribution in [0.3, 0.4) is 0 Å². The van der Waals surface area contributed by atoms with Crippen molar-refractivity contribution >= 4 is 18.3 Å². The molecule has 0 radical (unpaired) electrons. The van der Waals surface area contributed by atoms with Gasteiger partial charge in [-0.3, -0.25) is 4.79 Å². The maximum Gasteiger partial charge on any atom is 0.416 e. The lowest BCUT2D eigenvalue weighted by Gasteiger charge is -2.29. The fraction of sp³-hybridized carbons (Fsp3) is 0.400. The molecule has 1 aliphatic rings. The normalized spacial score (nSPS) is 15.8. The standard InChI is InChI=1S/C15H16F3N5O.ClH/c16-15(17,18)10-2-1-3-12(8-10)23-9-13(20-21-23)14(24)22-6-4-11(19)5-7-22;/h1-3,8-9,11H,4-7,19H2;1H. The maximum absolute atomic E-state index is 12.8. The third-order valence-electron chi connectivity index (χ3n) is 3.98. The van der Waals surface area contributed by atoms with Crippen LogP contribution in [0.1, 0.15) is 28.9 Å². The van der Waals surface area contributed by atoms with E-state index >= 15 is 0 Å². The molecule has 1 fully saturated rings. The van der Waals surface area contributed by atoms with E-state index in [1.165, 1.54) is 18.3 Å². The molecular weight excluding hydrogens is 359 g/mol. The lowest BCUT2D eigenvalue weighted by Crippen LogP contribution is -2.43. The molecule has 3 rings (SSSR count). The van der Waals surface area contributed by atoms with Gasteiger partial charge in [0.25, 0.3) is 5.91 Å². The molecule has 1 aliphatic heterocycles. The smallest absolute Gasteiger partial charge is 0.337 e. The Bertz CT molecular complexity index is 741. The monoisotopic (exact) mass is 375 g/mol. The Labute approximate surface area is 148 Å². The summed E-state index contributed by atoms with van der Waals surface area (Å²) in [5.41, 5.74) is 5.31. The molecular formula is C15H17ClF3N5O. The van der Waals surface area contributed by atoms with Crippen LogP contribution in [-0.4, -0.2) is 44.9 Å². The summed E-state index contributed by atoms with van der Waals surface area (Å²) in [7, 11) is 0. The second-order valence-corrected chi connectivity index (χ2v) is 5.73. The van der Waals surface area contributed by atoms with Crippen LogP contribution in [0.25, 0.3) is 5.69 Å². The van der Waals surface area contributed by atoms with Gasteiger partial charge in [-0.15, -0.1) is 17.5 Å². The Morgan fingerprint density at radius 1 is 1.24 bits per heavy atom. The number of hydrogen-bond donors (Lipinski definition) is 1. The highest BCUT2D eigenvalue weighted by atomic mass is 35.5. The van der Waals surface area contributed by atoms with Crippen molar-refractivity contribution in [3.63, 3.8) is 0 Å². The number of halogens is 4. The molecule has 1 saturated heterocycles. The summed E-state index contributed by atoms with van der Waals surface area (Å²) in [5, 5.41) is 7.56. The van der Waals surface area contributed by atoms with E-state index in [1.54, 1.807) is 4.90 Å². The Hall–Kier alpha value is -2.13. The number of alkyl halides is 3. The maximum atomic E-state index is 12.8. The van der Waals surface area contributed by atoms with Gasteiger partial charge in [0.05, 0.1) is 17.4 Å². The number of carbonyl (C=O) groups excluding carboxylic acids is 1. The first-order valence-electron chi connectivity index (χ1n) is 7.49. The van der Waals surface area contributed by atoms with Crippen molar-refractivity contribution in [2.75, 3.05) is 13.1 Å². The molecule has 0 bridgehead atoms. The van der Waals surface area contributed by atoms with Gasteiger partial charge in [-0.05, 0) is 31.0 Å². The van der Waals surface area contributed by atoms with E-state index in [1.807, 2.05) is 0 Å². The number of nitrogens with two attached hydrogens (primary N) is 1. The number of amides is 1. The topological polar surface area (TPSA) is 77.0 Å². The third-order valence-corrected chi connectivity index (χ3v) is 3.98. The first-order valence-corrected chi connectivity index (χ1v) is 7.49. The Kier molecular flexibility index (Phi) is 5.69. The van der Waals surface area contributed by atoms with Crippen LogP contribution in [0.5, 0.6) is 0 Å². The van der Waals surface area contributed by atoms with Gasteiger partial charge < -0.3 is 10.6 Å². The van der Waals surface area contributed by atoms with E-state index in [2.05, 4.69) is 10.3 Å². The zero-order chi connectivity index (χ0) is 17.3. The van der Waals surface area contributed by atoms with E-state index in [9.17, 15) is 18.0 Å². The number of hydrogen-bond acceptors (Lipinski definition) is 4. The van der Waals surface area contributed by atoms with E-state index in [4.69, 9.17) is 5.73 Å². The first kappa shape index (κ1) is 19.2. The van der Waals surface area contributed by atoms with Crippen molar-refractivity contribution < 1.29 is 18.0 Å². The van der Waals surface area contributed by atoms with Gasteiger partial charge in [-0.2, -0.15) is 13.2 Å². The number of likely N-dealkylation sites (tertiary alicyclic amines) is 1. The molecule has 136 valence electrons. The molecule has 0 atom stereocenters. The number of rotatable bonds is 2. The zero-order valence-electron chi connectivity index (χ0n) is 13.1. The van der Waals surface area contributed by atoms with Gasteiger partial charge in [0.2, 0.25) is 0 Å². The molecule has 2 N–H and O–H groups in total. The SMILES string of the molecule is Cl.NC1CCN(C(=O)c2cn(-c3cccc(C(F)(F)F)c3)nn2)CC1. The first-order chi connectivity index (χ1) is 11.3. The van der Waals surface area contributed by atoms with E-state index in [0.717, 1.165) is 16.8 Å². The Balaban J connectivity index is 0.00000225. The summed E-state index contributed by atoms with van der Waals surface area (Å²) >= 11 is 0. The molecule has 1 aromatic carbocycles. The van der Waals surface area contributed by atoms with Gasteiger partial charge >= 0.3 is 6.18 Å². The van der Waals surface area contributed by atoms with Crippen LogP contribution in [0.4, 0.5) is 13.2 Å². The molecule has 1 amide bonds. The summed E-state index contributed by atoms with van der Waals surface area (Å²) in [6.07, 6.45) is -1.67. The number of benzene rings is 1. The molecule has 10 heteroatoms. The summed E-state index contributed by atoms with van der Waals surface area (Å²) in [6, 6.07) is 4.78. The summed E-state index contributed by atoms with van der Waals surface area (Å²) in [6.45, 7) is 1.08. The molecule has 6 nitrogen and oxygen atoms in total. The van der Waals surface area contributed by atoms with Crippen molar-refractivity contribution in [2.24, 2.45) is 5.73 Å². The fourth-order valence-corrected chi connectivity index (χ4v) is 2.58.